The Morgan fingerprint density at radius 1 is 1.28 bits per heavy atom. The SMILES string of the molecule is CN(C)C(=O)Cn1c2c(c(=O)n(C)c1=O)CCC2. The topological polar surface area (TPSA) is 64.3 Å². The molecule has 1 heterocycles. The lowest BCUT2D eigenvalue weighted by molar-refractivity contribution is -0.129. The minimum atomic E-state index is -0.407. The summed E-state index contributed by atoms with van der Waals surface area (Å²) in [7, 11) is 4.75. The second-order valence-corrected chi connectivity index (χ2v) is 4.80. The zero-order valence-corrected chi connectivity index (χ0v) is 10.9. The second-order valence-electron chi connectivity index (χ2n) is 4.80. The maximum Gasteiger partial charge on any atom is 0.331 e. The highest BCUT2D eigenvalue weighted by Crippen LogP contribution is 2.16. The van der Waals surface area contributed by atoms with Gasteiger partial charge in [-0.25, -0.2) is 4.79 Å². The van der Waals surface area contributed by atoms with Crippen molar-refractivity contribution in [3.8, 4) is 0 Å². The summed E-state index contributed by atoms with van der Waals surface area (Å²) in [6.07, 6.45) is 2.25. The van der Waals surface area contributed by atoms with Crippen molar-refractivity contribution in [3.63, 3.8) is 0 Å². The van der Waals surface area contributed by atoms with Crippen LogP contribution in [0.15, 0.2) is 9.59 Å². The van der Waals surface area contributed by atoms with Crippen LogP contribution >= 0.6 is 0 Å². The lowest BCUT2D eigenvalue weighted by Gasteiger charge is -2.15. The Hall–Kier alpha value is -1.85. The first kappa shape index (κ1) is 12.6. The molecule has 6 heteroatoms. The molecule has 1 aromatic heterocycles. The van der Waals surface area contributed by atoms with Crippen LogP contribution < -0.4 is 11.2 Å². The zero-order chi connectivity index (χ0) is 13.4. The minimum Gasteiger partial charge on any atom is -0.347 e. The Morgan fingerprint density at radius 3 is 2.56 bits per heavy atom. The molecule has 0 bridgehead atoms. The van der Waals surface area contributed by atoms with Crippen molar-refractivity contribution in [2.75, 3.05) is 14.1 Å². The van der Waals surface area contributed by atoms with Gasteiger partial charge in [-0.3, -0.25) is 18.7 Å². The number of fused-ring (bicyclic) bond motifs is 1. The summed E-state index contributed by atoms with van der Waals surface area (Å²) in [5.74, 6) is -0.148. The number of likely N-dealkylation sites (N-methyl/N-ethyl adjacent to an activating group) is 1. The molecule has 18 heavy (non-hydrogen) atoms. The Balaban J connectivity index is 2.58. The number of hydrogen-bond donors (Lipinski definition) is 0. The number of carbonyl (C=O) groups excluding carboxylic acids is 1. The molecule has 0 saturated carbocycles. The Kier molecular flexibility index (Phi) is 3.11. The minimum absolute atomic E-state index is 0.00227. The van der Waals surface area contributed by atoms with Crippen LogP contribution in [-0.4, -0.2) is 34.0 Å². The van der Waals surface area contributed by atoms with Gasteiger partial charge in [0.05, 0.1) is 0 Å². The number of nitrogens with zero attached hydrogens (tertiary/aromatic N) is 3. The highest BCUT2D eigenvalue weighted by atomic mass is 16.2. The van der Waals surface area contributed by atoms with Crippen LogP contribution in [0.4, 0.5) is 0 Å². The van der Waals surface area contributed by atoms with E-state index in [4.69, 9.17) is 0 Å². The van der Waals surface area contributed by atoms with E-state index in [1.165, 1.54) is 16.5 Å². The molecule has 1 amide bonds. The molecule has 0 atom stereocenters. The summed E-state index contributed by atoms with van der Waals surface area (Å²) in [5.41, 5.74) is 0.791. The molecule has 2 rings (SSSR count). The number of aromatic nitrogens is 2. The van der Waals surface area contributed by atoms with Gasteiger partial charge >= 0.3 is 5.69 Å². The summed E-state index contributed by atoms with van der Waals surface area (Å²) >= 11 is 0. The fourth-order valence-corrected chi connectivity index (χ4v) is 2.28. The Bertz CT molecular complexity index is 610. The van der Waals surface area contributed by atoms with Gasteiger partial charge in [-0.1, -0.05) is 0 Å². The van der Waals surface area contributed by atoms with E-state index in [0.717, 1.165) is 16.7 Å². The molecule has 0 N–H and O–H groups in total. The third-order valence-electron chi connectivity index (χ3n) is 3.39. The average molecular weight is 251 g/mol. The normalized spacial score (nSPS) is 13.5. The quantitative estimate of drug-likeness (QED) is 0.686. The Labute approximate surface area is 104 Å². The molecule has 0 fully saturated rings. The maximum atomic E-state index is 12.1. The number of rotatable bonds is 2. The first-order chi connectivity index (χ1) is 8.43. The lowest BCUT2D eigenvalue weighted by atomic mass is 10.2. The third-order valence-corrected chi connectivity index (χ3v) is 3.39. The second kappa shape index (κ2) is 4.44. The largest absolute Gasteiger partial charge is 0.347 e. The molecule has 1 aliphatic rings. The van der Waals surface area contributed by atoms with Gasteiger partial charge in [0.1, 0.15) is 6.54 Å². The van der Waals surface area contributed by atoms with Crippen molar-refractivity contribution in [3.05, 3.63) is 32.1 Å². The summed E-state index contributed by atoms with van der Waals surface area (Å²) in [6, 6.07) is 0. The molecule has 0 aliphatic heterocycles. The average Bonchev–Trinajstić information content (AvgIpc) is 2.80. The van der Waals surface area contributed by atoms with E-state index in [2.05, 4.69) is 0 Å². The number of hydrogen-bond acceptors (Lipinski definition) is 3. The van der Waals surface area contributed by atoms with Crippen molar-refractivity contribution >= 4 is 5.91 Å². The van der Waals surface area contributed by atoms with E-state index in [1.54, 1.807) is 14.1 Å². The molecule has 0 aromatic carbocycles. The molecule has 0 saturated heterocycles. The molecule has 0 spiro atoms. The van der Waals surface area contributed by atoms with Gasteiger partial charge in [0.25, 0.3) is 5.56 Å². The van der Waals surface area contributed by atoms with Crippen LogP contribution in [0.1, 0.15) is 17.7 Å². The van der Waals surface area contributed by atoms with Gasteiger partial charge in [0, 0.05) is 32.4 Å². The first-order valence-electron chi connectivity index (χ1n) is 5.95. The van der Waals surface area contributed by atoms with Crippen molar-refractivity contribution in [2.24, 2.45) is 7.05 Å². The third kappa shape index (κ3) is 1.87. The van der Waals surface area contributed by atoms with Gasteiger partial charge in [-0.15, -0.1) is 0 Å². The van der Waals surface area contributed by atoms with E-state index in [9.17, 15) is 14.4 Å². The van der Waals surface area contributed by atoms with Gasteiger partial charge in [-0.05, 0) is 19.3 Å². The predicted octanol–water partition coefficient (Wildman–Crippen LogP) is -0.876. The van der Waals surface area contributed by atoms with Gasteiger partial charge in [0.2, 0.25) is 5.91 Å². The lowest BCUT2D eigenvalue weighted by Crippen LogP contribution is -2.43. The van der Waals surface area contributed by atoms with E-state index in [1.807, 2.05) is 0 Å². The van der Waals surface area contributed by atoms with E-state index in [0.29, 0.717) is 18.4 Å². The molecule has 0 radical (unpaired) electrons. The highest BCUT2D eigenvalue weighted by molar-refractivity contribution is 5.75. The van der Waals surface area contributed by atoms with Gasteiger partial charge < -0.3 is 4.90 Å². The molecule has 98 valence electrons. The summed E-state index contributed by atoms with van der Waals surface area (Å²) in [4.78, 5) is 37.2. The van der Waals surface area contributed by atoms with Crippen LogP contribution in [0.5, 0.6) is 0 Å². The fraction of sp³-hybridized carbons (Fsp3) is 0.583. The van der Waals surface area contributed by atoms with Crippen LogP contribution in [0, 0.1) is 0 Å². The monoisotopic (exact) mass is 251 g/mol. The molecular formula is C12H17N3O3. The molecule has 1 aromatic rings. The molecular weight excluding hydrogens is 234 g/mol. The zero-order valence-electron chi connectivity index (χ0n) is 10.9. The van der Waals surface area contributed by atoms with Crippen molar-refractivity contribution in [2.45, 2.75) is 25.8 Å². The fourth-order valence-electron chi connectivity index (χ4n) is 2.28. The van der Waals surface area contributed by atoms with Crippen molar-refractivity contribution in [1.82, 2.24) is 14.0 Å². The van der Waals surface area contributed by atoms with E-state index < -0.39 is 5.69 Å². The predicted molar refractivity (Wildman–Crippen MR) is 66.7 cm³/mol. The van der Waals surface area contributed by atoms with Gasteiger partial charge in [-0.2, -0.15) is 0 Å². The van der Waals surface area contributed by atoms with Crippen molar-refractivity contribution < 1.29 is 4.79 Å². The van der Waals surface area contributed by atoms with Crippen molar-refractivity contribution in [1.29, 1.82) is 0 Å². The van der Waals surface area contributed by atoms with Crippen LogP contribution in [0.2, 0.25) is 0 Å². The molecule has 6 nitrogen and oxygen atoms in total. The first-order valence-corrected chi connectivity index (χ1v) is 5.95. The van der Waals surface area contributed by atoms with E-state index in [-0.39, 0.29) is 18.0 Å². The summed E-state index contributed by atoms with van der Waals surface area (Å²) in [6.45, 7) is 0.00227. The number of amides is 1. The van der Waals surface area contributed by atoms with Gasteiger partial charge in [0.15, 0.2) is 0 Å². The smallest absolute Gasteiger partial charge is 0.331 e. The van der Waals surface area contributed by atoms with Crippen LogP contribution in [-0.2, 0) is 31.2 Å². The number of carbonyl (C=O) groups is 1. The maximum absolute atomic E-state index is 12.1. The summed E-state index contributed by atoms with van der Waals surface area (Å²) < 4.78 is 2.53. The van der Waals surface area contributed by atoms with Crippen LogP contribution in [0.3, 0.4) is 0 Å². The molecule has 1 aliphatic carbocycles. The molecule has 0 unspecified atom stereocenters. The highest BCUT2D eigenvalue weighted by Gasteiger charge is 2.23. The summed E-state index contributed by atoms with van der Waals surface area (Å²) in [5, 5.41) is 0. The van der Waals surface area contributed by atoms with E-state index >= 15 is 0 Å². The van der Waals surface area contributed by atoms with Crippen LogP contribution in [0.25, 0.3) is 0 Å². The standard InChI is InChI=1S/C12H17N3O3/c1-13(2)10(16)7-15-9-6-4-5-8(9)11(17)14(3)12(15)18/h4-7H2,1-3H3. The Morgan fingerprint density at radius 2 is 1.94 bits per heavy atom.